The summed E-state index contributed by atoms with van der Waals surface area (Å²) in [5, 5.41) is 8.94. The zero-order valence-electron chi connectivity index (χ0n) is 13.4. The van der Waals surface area contributed by atoms with Crippen molar-refractivity contribution in [1.82, 2.24) is 0 Å². The third-order valence-corrected chi connectivity index (χ3v) is 4.62. The van der Waals surface area contributed by atoms with Crippen molar-refractivity contribution in [3.05, 3.63) is 52.1 Å². The van der Waals surface area contributed by atoms with Crippen molar-refractivity contribution >= 4 is 12.0 Å². The van der Waals surface area contributed by atoms with E-state index in [0.717, 1.165) is 18.4 Å². The lowest BCUT2D eigenvalue weighted by Gasteiger charge is -2.35. The van der Waals surface area contributed by atoms with Crippen LogP contribution in [-0.4, -0.2) is 11.1 Å². The minimum Gasteiger partial charge on any atom is -0.478 e. The average Bonchev–Trinajstić information content (AvgIpc) is 2.43. The summed E-state index contributed by atoms with van der Waals surface area (Å²) in [4.78, 5) is 10.9. The third-order valence-electron chi connectivity index (χ3n) is 4.62. The molecule has 112 valence electrons. The molecule has 2 rings (SSSR count). The van der Waals surface area contributed by atoms with Crippen LogP contribution in [0.1, 0.15) is 62.9 Å². The van der Waals surface area contributed by atoms with E-state index < -0.39 is 5.97 Å². The minimum atomic E-state index is -0.877. The molecule has 0 bridgehead atoms. The summed E-state index contributed by atoms with van der Waals surface area (Å²) in [5.41, 5.74) is 6.05. The van der Waals surface area contributed by atoms with Crippen LogP contribution in [0, 0.1) is 5.41 Å². The first-order valence-corrected chi connectivity index (χ1v) is 7.59. The van der Waals surface area contributed by atoms with Crippen molar-refractivity contribution < 1.29 is 9.90 Å². The summed E-state index contributed by atoms with van der Waals surface area (Å²) in [7, 11) is 0. The molecule has 1 aromatic carbocycles. The number of allylic oxidation sites excluding steroid dienone is 3. The Bertz CT molecular complexity index is 601. The van der Waals surface area contributed by atoms with Gasteiger partial charge in [-0.05, 0) is 60.4 Å². The molecule has 21 heavy (non-hydrogen) atoms. The van der Waals surface area contributed by atoms with Gasteiger partial charge >= 0.3 is 5.97 Å². The third kappa shape index (κ3) is 3.26. The predicted octanol–water partition coefficient (Wildman–Crippen LogP) is 5.31. The Balaban J connectivity index is 2.35. The molecular weight excluding hydrogens is 260 g/mol. The highest BCUT2D eigenvalue weighted by Gasteiger charge is 2.29. The first kappa shape index (κ1) is 15.6. The van der Waals surface area contributed by atoms with Crippen LogP contribution < -0.4 is 0 Å². The quantitative estimate of drug-likeness (QED) is 0.816. The van der Waals surface area contributed by atoms with Crippen molar-refractivity contribution in [3.8, 4) is 0 Å². The predicted molar refractivity (Wildman–Crippen MR) is 87.4 cm³/mol. The van der Waals surface area contributed by atoms with Crippen LogP contribution >= 0.6 is 0 Å². The number of benzene rings is 1. The summed E-state index contributed by atoms with van der Waals surface area (Å²) < 4.78 is 0. The molecule has 1 N–H and O–H groups in total. The van der Waals surface area contributed by atoms with E-state index >= 15 is 0 Å². The lowest BCUT2D eigenvalue weighted by Crippen LogP contribution is -2.21. The molecule has 0 atom stereocenters. The maximum Gasteiger partial charge on any atom is 0.335 e. The van der Waals surface area contributed by atoms with Gasteiger partial charge in [-0.3, -0.25) is 0 Å². The summed E-state index contributed by atoms with van der Waals surface area (Å²) in [6.07, 6.45) is 5.55. The Hall–Kier alpha value is -1.83. The number of rotatable bonds is 3. The Morgan fingerprint density at radius 2 is 1.90 bits per heavy atom. The maximum atomic E-state index is 10.9. The molecule has 0 saturated carbocycles. The zero-order chi connectivity index (χ0) is 15.6. The maximum absolute atomic E-state index is 10.9. The molecular formula is C19H24O2. The Morgan fingerprint density at radius 3 is 2.43 bits per heavy atom. The van der Waals surface area contributed by atoms with Gasteiger partial charge in [0.1, 0.15) is 0 Å². The van der Waals surface area contributed by atoms with Crippen molar-refractivity contribution in [2.24, 2.45) is 5.41 Å². The highest BCUT2D eigenvalue weighted by atomic mass is 16.4. The monoisotopic (exact) mass is 284 g/mol. The molecule has 0 aliphatic heterocycles. The number of carboxylic acid groups (broad SMARTS) is 1. The molecule has 0 radical (unpaired) electrons. The van der Waals surface area contributed by atoms with Gasteiger partial charge in [-0.2, -0.15) is 0 Å². The normalized spacial score (nSPS) is 19.9. The second kappa shape index (κ2) is 5.88. The van der Waals surface area contributed by atoms with Crippen LogP contribution in [0.25, 0.3) is 6.08 Å². The van der Waals surface area contributed by atoms with E-state index in [1.165, 1.54) is 17.6 Å². The molecule has 2 nitrogen and oxygen atoms in total. The lowest BCUT2D eigenvalue weighted by atomic mass is 9.70. The molecule has 0 aromatic heterocycles. The molecule has 1 aromatic rings. The van der Waals surface area contributed by atoms with Crippen LogP contribution in [0.3, 0.4) is 0 Å². The Kier molecular flexibility index (Phi) is 4.36. The number of hydrogen-bond acceptors (Lipinski definition) is 1. The van der Waals surface area contributed by atoms with Crippen LogP contribution in [0.5, 0.6) is 0 Å². The first-order valence-electron chi connectivity index (χ1n) is 7.59. The van der Waals surface area contributed by atoms with E-state index in [0.29, 0.717) is 11.0 Å². The van der Waals surface area contributed by atoms with Gasteiger partial charge in [0.05, 0.1) is 5.56 Å². The standard InChI is InChI=1S/C19H24O2/c1-5-17-13(2)16(10-11-19(17,3)4)12-14-6-8-15(9-7-14)18(20)21/h6-9,12H,5,10-11H2,1-4H3,(H,20,21)/b16-12+. The summed E-state index contributed by atoms with van der Waals surface area (Å²) in [6, 6.07) is 7.10. The van der Waals surface area contributed by atoms with Gasteiger partial charge in [-0.1, -0.05) is 44.6 Å². The van der Waals surface area contributed by atoms with E-state index in [-0.39, 0.29) is 0 Å². The molecule has 2 heteroatoms. The second-order valence-corrected chi connectivity index (χ2v) is 6.44. The van der Waals surface area contributed by atoms with Gasteiger partial charge in [-0.15, -0.1) is 0 Å². The molecule has 1 aliphatic rings. The second-order valence-electron chi connectivity index (χ2n) is 6.44. The summed E-state index contributed by atoms with van der Waals surface area (Å²) in [6.45, 7) is 9.10. The van der Waals surface area contributed by atoms with Crippen molar-refractivity contribution in [3.63, 3.8) is 0 Å². The summed E-state index contributed by atoms with van der Waals surface area (Å²) >= 11 is 0. The van der Waals surface area contributed by atoms with E-state index in [4.69, 9.17) is 5.11 Å². The number of aromatic carboxylic acids is 1. The van der Waals surface area contributed by atoms with Gasteiger partial charge in [0, 0.05) is 0 Å². The van der Waals surface area contributed by atoms with E-state index in [1.807, 2.05) is 12.1 Å². The average molecular weight is 284 g/mol. The van der Waals surface area contributed by atoms with Gasteiger partial charge < -0.3 is 5.11 Å². The Morgan fingerprint density at radius 1 is 1.29 bits per heavy atom. The van der Waals surface area contributed by atoms with Crippen LogP contribution in [0.2, 0.25) is 0 Å². The van der Waals surface area contributed by atoms with E-state index in [9.17, 15) is 4.79 Å². The number of hydrogen-bond donors (Lipinski definition) is 1. The highest BCUT2D eigenvalue weighted by Crippen LogP contribution is 2.44. The van der Waals surface area contributed by atoms with Gasteiger partial charge in [0.2, 0.25) is 0 Å². The van der Waals surface area contributed by atoms with Crippen LogP contribution in [-0.2, 0) is 0 Å². The molecule has 0 unspecified atom stereocenters. The highest BCUT2D eigenvalue weighted by molar-refractivity contribution is 5.87. The van der Waals surface area contributed by atoms with Gasteiger partial charge in [0.15, 0.2) is 0 Å². The van der Waals surface area contributed by atoms with Gasteiger partial charge in [0.25, 0.3) is 0 Å². The molecule has 0 amide bonds. The topological polar surface area (TPSA) is 37.3 Å². The molecule has 1 aliphatic carbocycles. The molecule has 0 heterocycles. The number of carboxylic acids is 1. The van der Waals surface area contributed by atoms with Crippen molar-refractivity contribution in [1.29, 1.82) is 0 Å². The first-order chi connectivity index (χ1) is 9.85. The largest absolute Gasteiger partial charge is 0.478 e. The van der Waals surface area contributed by atoms with Gasteiger partial charge in [-0.25, -0.2) is 4.79 Å². The molecule has 0 saturated heterocycles. The summed E-state index contributed by atoms with van der Waals surface area (Å²) in [5.74, 6) is -0.877. The van der Waals surface area contributed by atoms with E-state index in [1.54, 1.807) is 17.7 Å². The zero-order valence-corrected chi connectivity index (χ0v) is 13.4. The minimum absolute atomic E-state index is 0.295. The Labute approximate surface area is 127 Å². The van der Waals surface area contributed by atoms with Crippen LogP contribution in [0.4, 0.5) is 0 Å². The van der Waals surface area contributed by atoms with Crippen molar-refractivity contribution in [2.45, 2.75) is 47.0 Å². The fourth-order valence-corrected chi connectivity index (χ4v) is 3.33. The molecule has 0 fully saturated rings. The lowest BCUT2D eigenvalue weighted by molar-refractivity contribution is 0.0697. The number of carbonyl (C=O) groups is 1. The SMILES string of the molecule is CCC1=C(C)/C(=C/c2ccc(C(=O)O)cc2)CCC1(C)C. The fourth-order valence-electron chi connectivity index (χ4n) is 3.33. The van der Waals surface area contributed by atoms with Crippen molar-refractivity contribution in [2.75, 3.05) is 0 Å². The molecule has 0 spiro atoms. The fraction of sp³-hybridized carbons (Fsp3) is 0.421. The smallest absolute Gasteiger partial charge is 0.335 e. The van der Waals surface area contributed by atoms with Crippen LogP contribution in [0.15, 0.2) is 41.0 Å². The van der Waals surface area contributed by atoms with E-state index in [2.05, 4.69) is 33.8 Å².